The number of hydrogen-bond donors (Lipinski definition) is 1. The predicted octanol–water partition coefficient (Wildman–Crippen LogP) is 4.89. The summed E-state index contributed by atoms with van der Waals surface area (Å²) < 4.78 is 1.14. The lowest BCUT2D eigenvalue weighted by Crippen LogP contribution is -2.22. The van der Waals surface area contributed by atoms with Crippen molar-refractivity contribution in [1.82, 2.24) is 10.3 Å². The molecule has 0 spiro atoms. The zero-order valence-electron chi connectivity index (χ0n) is 13.5. The van der Waals surface area contributed by atoms with Crippen molar-refractivity contribution in [2.24, 2.45) is 0 Å². The van der Waals surface area contributed by atoms with E-state index in [1.165, 1.54) is 0 Å². The molecular weight excluding hydrogens is 328 g/mol. The molecule has 0 aliphatic heterocycles. The van der Waals surface area contributed by atoms with Crippen LogP contribution in [0.1, 0.15) is 15.4 Å². The lowest BCUT2D eigenvalue weighted by molar-refractivity contribution is 0.0951. The van der Waals surface area contributed by atoms with Gasteiger partial charge in [0.15, 0.2) is 0 Å². The van der Waals surface area contributed by atoms with Gasteiger partial charge in [-0.2, -0.15) is 0 Å². The Hall–Kier alpha value is -2.98. The highest BCUT2D eigenvalue weighted by molar-refractivity contribution is 7.18. The Balaban J connectivity index is 1.44. The van der Waals surface area contributed by atoms with Gasteiger partial charge in [-0.3, -0.25) is 4.79 Å². The highest BCUT2D eigenvalue weighted by Crippen LogP contribution is 2.22. The molecular formula is C21H16N2OS. The maximum atomic E-state index is 12.3. The fourth-order valence-electron chi connectivity index (χ4n) is 2.70. The van der Waals surface area contributed by atoms with E-state index in [0.717, 1.165) is 26.4 Å². The van der Waals surface area contributed by atoms with Crippen LogP contribution in [-0.4, -0.2) is 10.9 Å². The standard InChI is InChI=1S/C21H16N2OS/c24-21(22-14-20-23-18-8-4-5-9-19(18)25-20)17-12-10-16(11-13-17)15-6-2-1-3-7-15/h1-13H,14H2,(H,22,24). The Bertz CT molecular complexity index is 974. The smallest absolute Gasteiger partial charge is 0.251 e. The number of nitrogens with zero attached hydrogens (tertiary/aromatic N) is 1. The van der Waals surface area contributed by atoms with Gasteiger partial charge in [0, 0.05) is 5.56 Å². The first-order valence-corrected chi connectivity index (χ1v) is 8.89. The van der Waals surface area contributed by atoms with Crippen LogP contribution in [0.15, 0.2) is 78.9 Å². The van der Waals surface area contributed by atoms with Crippen molar-refractivity contribution in [2.75, 3.05) is 0 Å². The van der Waals surface area contributed by atoms with Crippen LogP contribution in [0.5, 0.6) is 0 Å². The molecule has 1 N–H and O–H groups in total. The number of thiazole rings is 1. The number of carbonyl (C=O) groups is 1. The Morgan fingerprint density at radius 2 is 1.52 bits per heavy atom. The van der Waals surface area contributed by atoms with E-state index >= 15 is 0 Å². The third-order valence-electron chi connectivity index (χ3n) is 3.99. The Kier molecular flexibility index (Phi) is 4.27. The SMILES string of the molecule is O=C(NCc1nc2ccccc2s1)c1ccc(-c2ccccc2)cc1. The number of rotatable bonds is 4. The number of para-hydroxylation sites is 1. The molecule has 1 heterocycles. The van der Waals surface area contributed by atoms with Gasteiger partial charge in [-0.15, -0.1) is 11.3 Å². The molecule has 0 radical (unpaired) electrons. The first-order valence-electron chi connectivity index (χ1n) is 8.08. The zero-order valence-corrected chi connectivity index (χ0v) is 14.3. The van der Waals surface area contributed by atoms with Gasteiger partial charge in [-0.05, 0) is 35.4 Å². The van der Waals surface area contributed by atoms with Crippen LogP contribution in [0, 0.1) is 0 Å². The minimum Gasteiger partial charge on any atom is -0.346 e. The average molecular weight is 344 g/mol. The molecule has 0 aliphatic carbocycles. The van der Waals surface area contributed by atoms with Gasteiger partial charge in [0.2, 0.25) is 0 Å². The summed E-state index contributed by atoms with van der Waals surface area (Å²) in [5, 5.41) is 3.86. The Morgan fingerprint density at radius 1 is 0.840 bits per heavy atom. The summed E-state index contributed by atoms with van der Waals surface area (Å²) in [7, 11) is 0. The lowest BCUT2D eigenvalue weighted by Gasteiger charge is -2.05. The lowest BCUT2D eigenvalue weighted by atomic mass is 10.0. The molecule has 0 saturated heterocycles. The molecule has 1 amide bonds. The van der Waals surface area contributed by atoms with E-state index in [-0.39, 0.29) is 5.91 Å². The molecule has 0 unspecified atom stereocenters. The van der Waals surface area contributed by atoms with Crippen molar-refractivity contribution >= 4 is 27.5 Å². The van der Waals surface area contributed by atoms with E-state index in [1.54, 1.807) is 11.3 Å². The van der Waals surface area contributed by atoms with Gasteiger partial charge in [-0.25, -0.2) is 4.98 Å². The largest absolute Gasteiger partial charge is 0.346 e. The van der Waals surface area contributed by atoms with E-state index in [2.05, 4.69) is 22.4 Å². The summed E-state index contributed by atoms with van der Waals surface area (Å²) in [5.41, 5.74) is 3.87. The number of benzene rings is 3. The summed E-state index contributed by atoms with van der Waals surface area (Å²) in [6, 6.07) is 25.8. The van der Waals surface area contributed by atoms with Crippen LogP contribution in [0.3, 0.4) is 0 Å². The summed E-state index contributed by atoms with van der Waals surface area (Å²) in [6.07, 6.45) is 0. The van der Waals surface area contributed by atoms with Gasteiger partial charge < -0.3 is 5.32 Å². The third kappa shape index (κ3) is 3.44. The highest BCUT2D eigenvalue weighted by Gasteiger charge is 2.08. The molecule has 4 rings (SSSR count). The molecule has 0 bridgehead atoms. The summed E-state index contributed by atoms with van der Waals surface area (Å²) in [5.74, 6) is -0.0844. The normalized spacial score (nSPS) is 10.7. The predicted molar refractivity (Wildman–Crippen MR) is 103 cm³/mol. The number of amides is 1. The Labute approximate surface area is 150 Å². The van der Waals surface area contributed by atoms with Gasteiger partial charge in [0.05, 0.1) is 16.8 Å². The summed E-state index contributed by atoms with van der Waals surface area (Å²) in [4.78, 5) is 16.9. The van der Waals surface area contributed by atoms with E-state index in [1.807, 2.05) is 66.7 Å². The monoisotopic (exact) mass is 344 g/mol. The van der Waals surface area contributed by atoms with Crippen LogP contribution in [0.4, 0.5) is 0 Å². The van der Waals surface area contributed by atoms with Crippen LogP contribution in [-0.2, 0) is 6.54 Å². The Morgan fingerprint density at radius 3 is 2.28 bits per heavy atom. The second-order valence-electron chi connectivity index (χ2n) is 5.70. The summed E-state index contributed by atoms with van der Waals surface area (Å²) >= 11 is 1.61. The van der Waals surface area contributed by atoms with E-state index in [4.69, 9.17) is 0 Å². The molecule has 25 heavy (non-hydrogen) atoms. The number of hydrogen-bond acceptors (Lipinski definition) is 3. The van der Waals surface area contributed by atoms with Gasteiger partial charge in [0.1, 0.15) is 5.01 Å². The van der Waals surface area contributed by atoms with Crippen LogP contribution >= 0.6 is 11.3 Å². The molecule has 3 nitrogen and oxygen atoms in total. The molecule has 1 aromatic heterocycles. The maximum absolute atomic E-state index is 12.3. The first-order chi connectivity index (χ1) is 12.3. The fraction of sp³-hybridized carbons (Fsp3) is 0.0476. The molecule has 4 heteroatoms. The average Bonchev–Trinajstić information content (AvgIpc) is 3.10. The molecule has 0 saturated carbocycles. The van der Waals surface area contributed by atoms with Crippen LogP contribution in [0.25, 0.3) is 21.3 Å². The summed E-state index contributed by atoms with van der Waals surface area (Å²) in [6.45, 7) is 0.443. The second-order valence-corrected chi connectivity index (χ2v) is 6.82. The topological polar surface area (TPSA) is 42.0 Å². The molecule has 0 fully saturated rings. The number of nitrogens with one attached hydrogen (secondary N) is 1. The molecule has 122 valence electrons. The minimum atomic E-state index is -0.0844. The molecule has 0 atom stereocenters. The molecule has 3 aromatic carbocycles. The van der Waals surface area contributed by atoms with Crippen molar-refractivity contribution in [2.45, 2.75) is 6.54 Å². The van der Waals surface area contributed by atoms with E-state index in [0.29, 0.717) is 12.1 Å². The zero-order chi connectivity index (χ0) is 17.1. The van der Waals surface area contributed by atoms with Gasteiger partial charge in [0.25, 0.3) is 5.91 Å². The van der Waals surface area contributed by atoms with Crippen molar-refractivity contribution in [1.29, 1.82) is 0 Å². The highest BCUT2D eigenvalue weighted by atomic mass is 32.1. The second kappa shape index (κ2) is 6.87. The van der Waals surface area contributed by atoms with Crippen molar-refractivity contribution in [3.05, 3.63) is 89.4 Å². The maximum Gasteiger partial charge on any atom is 0.251 e. The molecule has 0 aliphatic rings. The molecule has 4 aromatic rings. The quantitative estimate of drug-likeness (QED) is 0.572. The fourth-order valence-corrected chi connectivity index (χ4v) is 3.61. The van der Waals surface area contributed by atoms with Crippen molar-refractivity contribution in [3.8, 4) is 11.1 Å². The van der Waals surface area contributed by atoms with E-state index in [9.17, 15) is 4.79 Å². The van der Waals surface area contributed by atoms with Crippen LogP contribution < -0.4 is 5.32 Å². The minimum absolute atomic E-state index is 0.0844. The first kappa shape index (κ1) is 15.5. The van der Waals surface area contributed by atoms with Crippen molar-refractivity contribution < 1.29 is 4.79 Å². The van der Waals surface area contributed by atoms with Gasteiger partial charge >= 0.3 is 0 Å². The van der Waals surface area contributed by atoms with Crippen LogP contribution in [0.2, 0.25) is 0 Å². The number of fused-ring (bicyclic) bond motifs is 1. The van der Waals surface area contributed by atoms with Gasteiger partial charge in [-0.1, -0.05) is 54.6 Å². The third-order valence-corrected chi connectivity index (χ3v) is 5.03. The van der Waals surface area contributed by atoms with Crippen molar-refractivity contribution in [3.63, 3.8) is 0 Å². The van der Waals surface area contributed by atoms with E-state index < -0.39 is 0 Å². The number of carbonyl (C=O) groups excluding carboxylic acids is 1. The number of aromatic nitrogens is 1.